The van der Waals surface area contributed by atoms with E-state index in [1.54, 1.807) is 23.5 Å². The number of phenols is 1. The quantitative estimate of drug-likeness (QED) is 0.769. The van der Waals surface area contributed by atoms with Crippen LogP contribution >= 0.6 is 11.3 Å². The third-order valence-corrected chi connectivity index (χ3v) is 4.34. The van der Waals surface area contributed by atoms with Gasteiger partial charge in [0, 0.05) is 18.9 Å². The largest absolute Gasteiger partial charge is 0.508 e. The Labute approximate surface area is 122 Å². The van der Waals surface area contributed by atoms with Gasteiger partial charge in [0.1, 0.15) is 15.8 Å². The normalized spacial score (nSPS) is 14.6. The van der Waals surface area contributed by atoms with Gasteiger partial charge in [-0.1, -0.05) is 12.1 Å². The van der Waals surface area contributed by atoms with E-state index in [2.05, 4.69) is 15.5 Å². The maximum Gasteiger partial charge on any atom is 0.121 e. The number of phenolic OH excluding ortho intramolecular Hbond substituents is 1. The molecule has 0 unspecified atom stereocenters. The summed E-state index contributed by atoms with van der Waals surface area (Å²) in [4.78, 5) is 0. The van der Waals surface area contributed by atoms with E-state index in [9.17, 15) is 5.11 Å². The molecular formula is C15H19N3OS. The highest BCUT2D eigenvalue weighted by Crippen LogP contribution is 2.20. The molecule has 1 aliphatic rings. The van der Waals surface area contributed by atoms with Gasteiger partial charge in [0.05, 0.1) is 0 Å². The van der Waals surface area contributed by atoms with Crippen LogP contribution in [0.15, 0.2) is 24.3 Å². The Hall–Kier alpha value is -1.46. The second-order valence-electron chi connectivity index (χ2n) is 5.27. The van der Waals surface area contributed by atoms with E-state index in [-0.39, 0.29) is 0 Å². The summed E-state index contributed by atoms with van der Waals surface area (Å²) < 4.78 is 0. The lowest BCUT2D eigenvalue weighted by molar-refractivity contribution is 0.474. The van der Waals surface area contributed by atoms with Crippen molar-refractivity contribution in [1.29, 1.82) is 0 Å². The van der Waals surface area contributed by atoms with Crippen molar-refractivity contribution in [2.75, 3.05) is 6.54 Å². The summed E-state index contributed by atoms with van der Waals surface area (Å²) in [5.41, 5.74) is 1.07. The molecule has 4 nitrogen and oxygen atoms in total. The van der Waals surface area contributed by atoms with Gasteiger partial charge in [0.25, 0.3) is 0 Å². The van der Waals surface area contributed by atoms with Crippen molar-refractivity contribution in [2.24, 2.45) is 0 Å². The van der Waals surface area contributed by atoms with Gasteiger partial charge in [0.2, 0.25) is 0 Å². The number of benzene rings is 1. The molecule has 0 bridgehead atoms. The lowest BCUT2D eigenvalue weighted by Gasteiger charge is -1.99. The Kier molecular flexibility index (Phi) is 4.28. The predicted molar refractivity (Wildman–Crippen MR) is 80.2 cm³/mol. The minimum Gasteiger partial charge on any atom is -0.508 e. The van der Waals surface area contributed by atoms with Crippen molar-refractivity contribution in [3.63, 3.8) is 0 Å². The van der Waals surface area contributed by atoms with Gasteiger partial charge in [-0.05, 0) is 43.5 Å². The highest BCUT2D eigenvalue weighted by molar-refractivity contribution is 7.11. The van der Waals surface area contributed by atoms with Crippen LogP contribution < -0.4 is 5.32 Å². The molecule has 0 saturated heterocycles. The van der Waals surface area contributed by atoms with Gasteiger partial charge in [-0.15, -0.1) is 21.5 Å². The first-order valence-electron chi connectivity index (χ1n) is 7.12. The summed E-state index contributed by atoms with van der Waals surface area (Å²) in [6.07, 6.45) is 5.54. The zero-order valence-electron chi connectivity index (χ0n) is 11.4. The van der Waals surface area contributed by atoms with Crippen molar-refractivity contribution in [3.05, 3.63) is 39.8 Å². The van der Waals surface area contributed by atoms with E-state index in [1.165, 1.54) is 12.8 Å². The zero-order valence-corrected chi connectivity index (χ0v) is 12.2. The molecule has 1 fully saturated rings. The third-order valence-electron chi connectivity index (χ3n) is 3.35. The maximum atomic E-state index is 9.45. The van der Waals surface area contributed by atoms with Crippen LogP contribution in [0.2, 0.25) is 0 Å². The molecule has 1 heterocycles. The average Bonchev–Trinajstić information content (AvgIpc) is 3.15. The highest BCUT2D eigenvalue weighted by atomic mass is 32.1. The molecule has 0 amide bonds. The third kappa shape index (κ3) is 4.02. The van der Waals surface area contributed by atoms with Crippen molar-refractivity contribution in [2.45, 2.75) is 38.1 Å². The first-order valence-corrected chi connectivity index (χ1v) is 7.94. The molecule has 106 valence electrons. The first kappa shape index (κ1) is 13.5. The monoisotopic (exact) mass is 289 g/mol. The summed E-state index contributed by atoms with van der Waals surface area (Å²) in [6.45, 7) is 1.08. The van der Waals surface area contributed by atoms with Crippen molar-refractivity contribution in [1.82, 2.24) is 15.5 Å². The summed E-state index contributed by atoms with van der Waals surface area (Å²) >= 11 is 1.68. The Bertz CT molecular complexity index is 566. The number of aryl methyl sites for hydroxylation is 1. The van der Waals surface area contributed by atoms with Gasteiger partial charge in [0.15, 0.2) is 0 Å². The first-order chi connectivity index (χ1) is 9.79. The molecule has 2 N–H and O–H groups in total. The van der Waals surface area contributed by atoms with Crippen molar-refractivity contribution < 1.29 is 5.11 Å². The van der Waals surface area contributed by atoms with E-state index >= 15 is 0 Å². The molecule has 3 rings (SSSR count). The fourth-order valence-electron chi connectivity index (χ4n) is 2.14. The van der Waals surface area contributed by atoms with Gasteiger partial charge in [-0.25, -0.2) is 0 Å². The van der Waals surface area contributed by atoms with Crippen molar-refractivity contribution >= 4 is 11.3 Å². The molecule has 0 radical (unpaired) electrons. The summed E-state index contributed by atoms with van der Waals surface area (Å²) in [7, 11) is 0. The summed E-state index contributed by atoms with van der Waals surface area (Å²) in [6, 6.07) is 8.10. The lowest BCUT2D eigenvalue weighted by Crippen LogP contribution is -2.17. The fourth-order valence-corrected chi connectivity index (χ4v) is 3.06. The van der Waals surface area contributed by atoms with Crippen LogP contribution in [0.5, 0.6) is 5.75 Å². The van der Waals surface area contributed by atoms with Crippen LogP contribution in [-0.4, -0.2) is 27.9 Å². The lowest BCUT2D eigenvalue weighted by atomic mass is 10.1. The summed E-state index contributed by atoms with van der Waals surface area (Å²) in [5, 5.41) is 23.6. The van der Waals surface area contributed by atoms with E-state index in [0.717, 1.165) is 47.4 Å². The van der Waals surface area contributed by atoms with Crippen LogP contribution in [0.3, 0.4) is 0 Å². The molecule has 0 spiro atoms. The molecule has 1 aliphatic carbocycles. The number of nitrogens with zero attached hydrogens (tertiary/aromatic N) is 2. The topological polar surface area (TPSA) is 58.0 Å². The number of hydrogen-bond donors (Lipinski definition) is 2. The molecule has 1 aromatic heterocycles. The molecule has 20 heavy (non-hydrogen) atoms. The smallest absolute Gasteiger partial charge is 0.121 e. The molecule has 5 heteroatoms. The standard InChI is InChI=1S/C15H19N3OS/c19-13-4-1-3-11(9-13)10-15-18-17-14(20-15)5-2-8-16-12-6-7-12/h1,3-4,9,12,16,19H,2,5-8,10H2. The van der Waals surface area contributed by atoms with E-state index in [1.807, 2.05) is 12.1 Å². The van der Waals surface area contributed by atoms with E-state index in [0.29, 0.717) is 5.75 Å². The number of aromatic nitrogens is 2. The second kappa shape index (κ2) is 6.33. The predicted octanol–water partition coefficient (Wildman–Crippen LogP) is 2.52. The number of rotatable bonds is 7. The van der Waals surface area contributed by atoms with Crippen LogP contribution in [0.25, 0.3) is 0 Å². The Morgan fingerprint density at radius 3 is 2.90 bits per heavy atom. The Balaban J connectivity index is 1.48. The van der Waals surface area contributed by atoms with Gasteiger partial charge >= 0.3 is 0 Å². The molecular weight excluding hydrogens is 270 g/mol. The zero-order chi connectivity index (χ0) is 13.8. The molecule has 2 aromatic rings. The maximum absolute atomic E-state index is 9.45. The number of nitrogens with one attached hydrogen (secondary N) is 1. The van der Waals surface area contributed by atoms with Crippen LogP contribution in [0, 0.1) is 0 Å². The van der Waals surface area contributed by atoms with Gasteiger partial charge in [-0.3, -0.25) is 0 Å². The van der Waals surface area contributed by atoms with Gasteiger partial charge < -0.3 is 10.4 Å². The molecule has 1 aromatic carbocycles. The second-order valence-corrected chi connectivity index (χ2v) is 6.41. The van der Waals surface area contributed by atoms with Crippen LogP contribution in [-0.2, 0) is 12.8 Å². The fraction of sp³-hybridized carbons (Fsp3) is 0.467. The molecule has 0 atom stereocenters. The Morgan fingerprint density at radius 1 is 1.25 bits per heavy atom. The Morgan fingerprint density at radius 2 is 2.10 bits per heavy atom. The SMILES string of the molecule is Oc1cccc(Cc2nnc(CCCNC3CC3)s2)c1. The van der Waals surface area contributed by atoms with Crippen LogP contribution in [0.1, 0.15) is 34.8 Å². The van der Waals surface area contributed by atoms with E-state index in [4.69, 9.17) is 0 Å². The van der Waals surface area contributed by atoms with Crippen molar-refractivity contribution in [3.8, 4) is 5.75 Å². The molecule has 0 aliphatic heterocycles. The molecule has 1 saturated carbocycles. The highest BCUT2D eigenvalue weighted by Gasteiger charge is 2.19. The minimum absolute atomic E-state index is 0.304. The van der Waals surface area contributed by atoms with Crippen LogP contribution in [0.4, 0.5) is 0 Å². The van der Waals surface area contributed by atoms with Gasteiger partial charge in [-0.2, -0.15) is 0 Å². The minimum atomic E-state index is 0.304. The number of hydrogen-bond acceptors (Lipinski definition) is 5. The number of aromatic hydroxyl groups is 1. The average molecular weight is 289 g/mol. The summed E-state index contributed by atoms with van der Waals surface area (Å²) in [5.74, 6) is 0.304. The van der Waals surface area contributed by atoms with E-state index < -0.39 is 0 Å².